The van der Waals surface area contributed by atoms with Gasteiger partial charge in [0.05, 0.1) is 0 Å². The first-order valence-corrected chi connectivity index (χ1v) is 12.5. The Kier molecular flexibility index (Phi) is 9.29. The summed E-state index contributed by atoms with van der Waals surface area (Å²) in [6, 6.07) is 22.3. The number of hydrogen-bond donors (Lipinski definition) is 0. The van der Waals surface area contributed by atoms with Crippen LogP contribution in [0.2, 0.25) is 0 Å². The fourth-order valence-electron chi connectivity index (χ4n) is 4.38. The Morgan fingerprint density at radius 2 is 1.33 bits per heavy atom. The van der Waals surface area contributed by atoms with E-state index >= 15 is 0 Å². The van der Waals surface area contributed by atoms with E-state index in [9.17, 15) is 0 Å². The normalized spacial score (nSPS) is 14.4. The van der Waals surface area contributed by atoms with E-state index in [2.05, 4.69) is 116 Å². The molecule has 0 heteroatoms. The molecule has 0 fully saturated rings. The third-order valence-corrected chi connectivity index (χ3v) is 6.20. The molecule has 3 aromatic carbocycles. The predicted molar refractivity (Wildman–Crippen MR) is 149 cm³/mol. The molecule has 3 aromatic rings. The first kappa shape index (κ1) is 26.7. The fourth-order valence-corrected chi connectivity index (χ4v) is 4.38. The van der Waals surface area contributed by atoms with Crippen molar-refractivity contribution in [3.8, 4) is 11.1 Å². The van der Waals surface area contributed by atoms with Crippen LogP contribution in [0.5, 0.6) is 0 Å². The summed E-state index contributed by atoms with van der Waals surface area (Å²) >= 11 is 0. The summed E-state index contributed by atoms with van der Waals surface area (Å²) in [4.78, 5) is 0. The van der Waals surface area contributed by atoms with E-state index in [1.165, 1.54) is 46.2 Å². The Morgan fingerprint density at radius 3 is 1.91 bits per heavy atom. The van der Waals surface area contributed by atoms with Crippen molar-refractivity contribution >= 4 is 5.57 Å². The molecule has 0 aromatic heterocycles. The number of aryl methyl sites for hydroxylation is 2. The Bertz CT molecular complexity index is 1060. The van der Waals surface area contributed by atoms with Crippen LogP contribution in [0.3, 0.4) is 0 Å². The van der Waals surface area contributed by atoms with Crippen LogP contribution in [0, 0.1) is 19.8 Å². The van der Waals surface area contributed by atoms with Crippen molar-refractivity contribution in [1.29, 1.82) is 0 Å². The zero-order valence-corrected chi connectivity index (χ0v) is 22.5. The highest BCUT2D eigenvalue weighted by Gasteiger charge is 2.16. The maximum absolute atomic E-state index is 4.11. The van der Waals surface area contributed by atoms with Crippen molar-refractivity contribution < 1.29 is 0 Å². The van der Waals surface area contributed by atoms with Gasteiger partial charge in [-0.15, -0.1) is 0 Å². The molecule has 0 bridgehead atoms. The van der Waals surface area contributed by atoms with Crippen LogP contribution in [-0.2, 0) is 18.3 Å². The van der Waals surface area contributed by atoms with Crippen LogP contribution in [-0.4, -0.2) is 0 Å². The molecule has 4 rings (SSSR count). The molecule has 0 aliphatic heterocycles. The summed E-state index contributed by atoms with van der Waals surface area (Å²) in [5.74, 6) is 0.867. The lowest BCUT2D eigenvalue weighted by Gasteiger charge is -2.19. The van der Waals surface area contributed by atoms with Gasteiger partial charge in [0.15, 0.2) is 0 Å². The second kappa shape index (κ2) is 11.5. The van der Waals surface area contributed by atoms with Gasteiger partial charge in [0.2, 0.25) is 0 Å². The van der Waals surface area contributed by atoms with Gasteiger partial charge < -0.3 is 0 Å². The van der Waals surface area contributed by atoms with E-state index in [-0.39, 0.29) is 5.41 Å². The smallest absolute Gasteiger partial charge is 0.0109 e. The van der Waals surface area contributed by atoms with Crippen LogP contribution < -0.4 is 0 Å². The molecule has 1 atom stereocenters. The molecule has 0 heterocycles. The first-order valence-electron chi connectivity index (χ1n) is 12.5. The first-order chi connectivity index (χ1) is 15.5. The van der Waals surface area contributed by atoms with Gasteiger partial charge in [0.1, 0.15) is 0 Å². The molecular weight excluding hydrogens is 396 g/mol. The zero-order chi connectivity index (χ0) is 24.8. The monoisotopic (exact) mass is 440 g/mol. The van der Waals surface area contributed by atoms with Gasteiger partial charge >= 0.3 is 0 Å². The maximum Gasteiger partial charge on any atom is -0.0109 e. The second-order valence-corrected chi connectivity index (χ2v) is 10.4. The van der Waals surface area contributed by atoms with E-state index in [0.717, 1.165) is 11.5 Å². The van der Waals surface area contributed by atoms with E-state index in [1.807, 2.05) is 13.8 Å². The van der Waals surface area contributed by atoms with Crippen LogP contribution >= 0.6 is 0 Å². The Hall–Kier alpha value is -2.60. The van der Waals surface area contributed by atoms with Gasteiger partial charge in [-0.05, 0) is 78.3 Å². The lowest BCUT2D eigenvalue weighted by molar-refractivity contribution is 0.590. The Morgan fingerprint density at radius 1 is 0.788 bits per heavy atom. The topological polar surface area (TPSA) is 0 Å². The summed E-state index contributed by atoms with van der Waals surface area (Å²) < 4.78 is 0. The molecule has 0 saturated heterocycles. The largest absolute Gasteiger partial charge is 0.0955 e. The van der Waals surface area contributed by atoms with Gasteiger partial charge in [-0.1, -0.05) is 125 Å². The Balaban J connectivity index is 0.000000249. The summed E-state index contributed by atoms with van der Waals surface area (Å²) in [5, 5.41) is 0. The summed E-state index contributed by atoms with van der Waals surface area (Å²) in [5.41, 5.74) is 12.3. The third-order valence-electron chi connectivity index (χ3n) is 6.20. The van der Waals surface area contributed by atoms with Crippen molar-refractivity contribution in [3.05, 3.63) is 101 Å². The molecule has 1 aliphatic rings. The molecule has 33 heavy (non-hydrogen) atoms. The van der Waals surface area contributed by atoms with Crippen LogP contribution in [0.25, 0.3) is 16.7 Å². The summed E-state index contributed by atoms with van der Waals surface area (Å²) in [6.07, 6.45) is 2.58. The lowest BCUT2D eigenvalue weighted by Crippen LogP contribution is -2.10. The van der Waals surface area contributed by atoms with Gasteiger partial charge in [-0.3, -0.25) is 0 Å². The standard InChI is InChI=1S/C20H24.C11H14.C2H6/c1-14(2)19-13-15(3)7-12-18(19)16-8-10-17(11-9-16)20(4,5)6;1-8-3-4-10-6-9(2)7-11(10)5-8;1-2/h7-13H,1H2,2-6H3;3-5,9H,6-7H2,1-2H3;1-2H3. The van der Waals surface area contributed by atoms with Crippen LogP contribution in [0.15, 0.2) is 67.2 Å². The number of rotatable bonds is 2. The molecule has 0 radical (unpaired) electrons. The van der Waals surface area contributed by atoms with E-state index in [4.69, 9.17) is 0 Å². The molecule has 0 saturated carbocycles. The van der Waals surface area contributed by atoms with E-state index in [0.29, 0.717) is 0 Å². The Labute approximate surface area is 203 Å². The number of allylic oxidation sites excluding steroid dienone is 1. The van der Waals surface area contributed by atoms with Gasteiger partial charge in [0.25, 0.3) is 0 Å². The van der Waals surface area contributed by atoms with Crippen molar-refractivity contribution in [2.75, 3.05) is 0 Å². The van der Waals surface area contributed by atoms with Gasteiger partial charge in [-0.2, -0.15) is 0 Å². The highest BCUT2D eigenvalue weighted by molar-refractivity contribution is 5.80. The molecule has 1 unspecified atom stereocenters. The quantitative estimate of drug-likeness (QED) is 0.372. The molecule has 0 nitrogen and oxygen atoms in total. The number of benzene rings is 3. The fraction of sp³-hybridized carbons (Fsp3) is 0.394. The molecule has 0 N–H and O–H groups in total. The van der Waals surface area contributed by atoms with Crippen molar-refractivity contribution in [2.45, 2.75) is 80.6 Å². The minimum atomic E-state index is 0.197. The average Bonchev–Trinajstić information content (AvgIpc) is 3.14. The van der Waals surface area contributed by atoms with Crippen LogP contribution in [0.4, 0.5) is 0 Å². The SMILES string of the molecule is C=C(C)c1cc(C)ccc1-c1ccc(C(C)(C)C)cc1.CC.Cc1ccc2c(c1)CC(C)C2. The minimum Gasteiger partial charge on any atom is -0.0955 e. The minimum absolute atomic E-state index is 0.197. The molecule has 1 aliphatic carbocycles. The summed E-state index contributed by atoms with van der Waals surface area (Å²) in [6.45, 7) is 23.5. The van der Waals surface area contributed by atoms with Crippen molar-refractivity contribution in [1.82, 2.24) is 0 Å². The van der Waals surface area contributed by atoms with E-state index < -0.39 is 0 Å². The highest BCUT2D eigenvalue weighted by atomic mass is 14.2. The molecule has 0 spiro atoms. The van der Waals surface area contributed by atoms with Crippen molar-refractivity contribution in [2.24, 2.45) is 5.92 Å². The summed E-state index contributed by atoms with van der Waals surface area (Å²) in [7, 11) is 0. The number of fused-ring (bicyclic) bond motifs is 1. The molecule has 176 valence electrons. The van der Waals surface area contributed by atoms with Gasteiger partial charge in [0, 0.05) is 0 Å². The van der Waals surface area contributed by atoms with Crippen LogP contribution in [0.1, 0.15) is 81.8 Å². The maximum atomic E-state index is 4.11. The van der Waals surface area contributed by atoms with E-state index in [1.54, 1.807) is 11.1 Å². The molecule has 0 amide bonds. The lowest BCUT2D eigenvalue weighted by atomic mass is 9.85. The zero-order valence-electron chi connectivity index (χ0n) is 22.5. The highest BCUT2D eigenvalue weighted by Crippen LogP contribution is 2.31. The third kappa shape index (κ3) is 7.19. The van der Waals surface area contributed by atoms with Gasteiger partial charge in [-0.25, -0.2) is 0 Å². The second-order valence-electron chi connectivity index (χ2n) is 10.4. The molecular formula is C33H44. The average molecular weight is 441 g/mol. The predicted octanol–water partition coefficient (Wildman–Crippen LogP) is 9.75. The van der Waals surface area contributed by atoms with Crippen molar-refractivity contribution in [3.63, 3.8) is 0 Å². The number of hydrogen-bond acceptors (Lipinski definition) is 0.